The van der Waals surface area contributed by atoms with Crippen LogP contribution in [-0.4, -0.2) is 22.8 Å². The second-order valence-electron chi connectivity index (χ2n) is 4.87. The number of halogens is 2. The maximum Gasteiger partial charge on any atom is 0.201 e. The van der Waals surface area contributed by atoms with Crippen LogP contribution >= 0.6 is 23.2 Å². The summed E-state index contributed by atoms with van der Waals surface area (Å²) in [5, 5.41) is 1.01. The predicted molar refractivity (Wildman–Crippen MR) is 77.9 cm³/mol. The van der Waals surface area contributed by atoms with E-state index < -0.39 is 0 Å². The van der Waals surface area contributed by atoms with Crippen LogP contribution in [0.1, 0.15) is 25.3 Å². The van der Waals surface area contributed by atoms with Crippen LogP contribution in [0.2, 0.25) is 10.0 Å². The minimum absolute atomic E-state index is 0.175. The fraction of sp³-hybridized carbons (Fsp3) is 0.462. The minimum Gasteiger partial charge on any atom is -0.379 e. The lowest BCUT2D eigenvalue weighted by molar-refractivity contribution is 0.0768. The summed E-state index contributed by atoms with van der Waals surface area (Å²) >= 11 is 12.1. The monoisotopic (exact) mass is 299 g/mol. The molecule has 1 saturated carbocycles. The van der Waals surface area contributed by atoms with Gasteiger partial charge in [-0.1, -0.05) is 23.2 Å². The molecule has 1 aromatic heterocycles. The summed E-state index contributed by atoms with van der Waals surface area (Å²) in [6.45, 7) is 0. The molecule has 2 unspecified atom stereocenters. The van der Waals surface area contributed by atoms with Crippen LogP contribution in [0.5, 0.6) is 0 Å². The van der Waals surface area contributed by atoms with Gasteiger partial charge in [-0.2, -0.15) is 0 Å². The van der Waals surface area contributed by atoms with Crippen molar-refractivity contribution in [2.24, 2.45) is 0 Å². The van der Waals surface area contributed by atoms with Crippen LogP contribution in [0.3, 0.4) is 0 Å². The molecular weight excluding hydrogens is 285 g/mol. The highest BCUT2D eigenvalue weighted by molar-refractivity contribution is 6.42. The van der Waals surface area contributed by atoms with Crippen LogP contribution in [0.4, 0.5) is 5.95 Å². The number of methoxy groups -OCH3 is 1. The van der Waals surface area contributed by atoms with E-state index in [1.807, 2.05) is 10.6 Å². The molecule has 1 aromatic carbocycles. The van der Waals surface area contributed by atoms with Gasteiger partial charge in [-0.15, -0.1) is 0 Å². The highest BCUT2D eigenvalue weighted by Crippen LogP contribution is 2.38. The van der Waals surface area contributed by atoms with E-state index in [1.165, 1.54) is 0 Å². The van der Waals surface area contributed by atoms with Gasteiger partial charge in [-0.25, -0.2) is 4.98 Å². The molecule has 2 aromatic rings. The van der Waals surface area contributed by atoms with Gasteiger partial charge in [0.05, 0.1) is 33.2 Å². The van der Waals surface area contributed by atoms with E-state index in [9.17, 15) is 0 Å². The number of rotatable bonds is 2. The van der Waals surface area contributed by atoms with Crippen molar-refractivity contribution in [2.75, 3.05) is 12.8 Å². The fourth-order valence-corrected chi connectivity index (χ4v) is 3.25. The van der Waals surface area contributed by atoms with E-state index in [1.54, 1.807) is 13.2 Å². The number of nitrogens with two attached hydrogens (primary N) is 1. The summed E-state index contributed by atoms with van der Waals surface area (Å²) < 4.78 is 7.57. The van der Waals surface area contributed by atoms with Crippen molar-refractivity contribution in [1.82, 2.24) is 9.55 Å². The first-order valence-electron chi connectivity index (χ1n) is 6.27. The Morgan fingerprint density at radius 3 is 2.79 bits per heavy atom. The number of nitrogen functional groups attached to an aromatic ring is 1. The third-order valence-corrected chi connectivity index (χ3v) is 4.53. The molecule has 0 aliphatic heterocycles. The molecule has 0 bridgehead atoms. The van der Waals surface area contributed by atoms with Crippen LogP contribution < -0.4 is 5.73 Å². The first-order valence-corrected chi connectivity index (χ1v) is 7.02. The summed E-state index contributed by atoms with van der Waals surface area (Å²) in [6.07, 6.45) is 3.38. The smallest absolute Gasteiger partial charge is 0.201 e. The van der Waals surface area contributed by atoms with E-state index >= 15 is 0 Å². The van der Waals surface area contributed by atoms with Gasteiger partial charge in [-0.05, 0) is 31.4 Å². The van der Waals surface area contributed by atoms with Crippen LogP contribution in [-0.2, 0) is 4.74 Å². The van der Waals surface area contributed by atoms with E-state index in [0.717, 1.165) is 30.3 Å². The van der Waals surface area contributed by atoms with E-state index in [-0.39, 0.29) is 12.1 Å². The zero-order valence-electron chi connectivity index (χ0n) is 10.6. The summed E-state index contributed by atoms with van der Waals surface area (Å²) in [5.74, 6) is 0.488. The largest absolute Gasteiger partial charge is 0.379 e. The topological polar surface area (TPSA) is 53.1 Å². The second-order valence-corrected chi connectivity index (χ2v) is 5.68. The standard InChI is InChI=1S/C13H15Cl2N3O/c1-19-12-4-2-3-10(12)18-11-6-8(15)7(14)5-9(11)17-13(18)16/h5-6,10,12H,2-4H2,1H3,(H2,16,17). The number of hydrogen-bond donors (Lipinski definition) is 1. The molecule has 19 heavy (non-hydrogen) atoms. The SMILES string of the molecule is COC1CCCC1n1c(N)nc2cc(Cl)c(Cl)cc21. The number of aromatic nitrogens is 2. The molecule has 2 N–H and O–H groups in total. The van der Waals surface area contributed by atoms with Crippen molar-refractivity contribution < 1.29 is 4.74 Å². The predicted octanol–water partition coefficient (Wildman–Crippen LogP) is 3.67. The summed E-state index contributed by atoms with van der Waals surface area (Å²) in [6, 6.07) is 3.79. The minimum atomic E-state index is 0.175. The Bertz CT molecular complexity index is 626. The van der Waals surface area contributed by atoms with Crippen LogP contribution in [0.25, 0.3) is 11.0 Å². The van der Waals surface area contributed by atoms with Crippen molar-refractivity contribution in [3.05, 3.63) is 22.2 Å². The maximum absolute atomic E-state index is 6.10. The van der Waals surface area contributed by atoms with Gasteiger partial charge in [0.25, 0.3) is 0 Å². The van der Waals surface area contributed by atoms with Gasteiger partial charge in [0, 0.05) is 7.11 Å². The number of benzene rings is 1. The number of anilines is 1. The first kappa shape index (κ1) is 13.0. The van der Waals surface area contributed by atoms with Gasteiger partial charge in [0.1, 0.15) is 0 Å². The number of fused-ring (bicyclic) bond motifs is 1. The average molecular weight is 300 g/mol. The second kappa shape index (κ2) is 4.85. The van der Waals surface area contributed by atoms with Crippen molar-refractivity contribution >= 4 is 40.2 Å². The van der Waals surface area contributed by atoms with Crippen molar-refractivity contribution in [1.29, 1.82) is 0 Å². The highest BCUT2D eigenvalue weighted by Gasteiger charge is 2.31. The summed E-state index contributed by atoms with van der Waals surface area (Å²) in [5.41, 5.74) is 7.75. The lowest BCUT2D eigenvalue weighted by Gasteiger charge is -2.21. The molecule has 0 saturated heterocycles. The molecule has 0 spiro atoms. The molecular formula is C13H15Cl2N3O. The third kappa shape index (κ3) is 2.08. The van der Waals surface area contributed by atoms with Crippen LogP contribution in [0.15, 0.2) is 12.1 Å². The van der Waals surface area contributed by atoms with E-state index in [2.05, 4.69) is 4.98 Å². The Morgan fingerprint density at radius 1 is 1.32 bits per heavy atom. The Kier molecular flexibility index (Phi) is 3.33. The summed E-state index contributed by atoms with van der Waals surface area (Å²) in [7, 11) is 1.74. The maximum atomic E-state index is 6.10. The molecule has 1 fully saturated rings. The van der Waals surface area contributed by atoms with Gasteiger partial charge >= 0.3 is 0 Å². The third-order valence-electron chi connectivity index (χ3n) is 3.81. The molecule has 1 heterocycles. The van der Waals surface area contributed by atoms with E-state index in [0.29, 0.717) is 16.0 Å². The number of nitrogens with zero attached hydrogens (tertiary/aromatic N) is 2. The fourth-order valence-electron chi connectivity index (χ4n) is 2.93. The zero-order valence-corrected chi connectivity index (χ0v) is 12.1. The van der Waals surface area contributed by atoms with Crippen molar-refractivity contribution in [2.45, 2.75) is 31.4 Å². The molecule has 6 heteroatoms. The normalized spacial score (nSPS) is 23.3. The molecule has 2 atom stereocenters. The van der Waals surface area contributed by atoms with Gasteiger partial charge in [0.15, 0.2) is 0 Å². The lowest BCUT2D eigenvalue weighted by atomic mass is 10.2. The molecule has 0 radical (unpaired) electrons. The summed E-state index contributed by atoms with van der Waals surface area (Å²) in [4.78, 5) is 4.37. The Balaban J connectivity index is 2.17. The van der Waals surface area contributed by atoms with E-state index in [4.69, 9.17) is 33.7 Å². The quantitative estimate of drug-likeness (QED) is 0.920. The van der Waals surface area contributed by atoms with Crippen LogP contribution in [0, 0.1) is 0 Å². The molecule has 4 nitrogen and oxygen atoms in total. The van der Waals surface area contributed by atoms with Crippen molar-refractivity contribution in [3.63, 3.8) is 0 Å². The molecule has 1 aliphatic carbocycles. The Morgan fingerprint density at radius 2 is 2.05 bits per heavy atom. The zero-order chi connectivity index (χ0) is 13.6. The number of imidazole rings is 1. The molecule has 3 rings (SSSR count). The van der Waals surface area contributed by atoms with Crippen molar-refractivity contribution in [3.8, 4) is 0 Å². The Labute approximate surface area is 121 Å². The average Bonchev–Trinajstić information content (AvgIpc) is 2.93. The first-order chi connectivity index (χ1) is 9.11. The van der Waals surface area contributed by atoms with Gasteiger partial charge in [0.2, 0.25) is 5.95 Å². The molecule has 1 aliphatic rings. The lowest BCUT2D eigenvalue weighted by Crippen LogP contribution is -2.21. The highest BCUT2D eigenvalue weighted by atomic mass is 35.5. The molecule has 0 amide bonds. The Hall–Kier alpha value is -0.970. The van der Waals surface area contributed by atoms with Gasteiger partial charge < -0.3 is 15.0 Å². The molecule has 102 valence electrons. The number of ether oxygens (including phenoxy) is 1. The van der Waals surface area contributed by atoms with Gasteiger partial charge in [-0.3, -0.25) is 0 Å². The number of hydrogen-bond acceptors (Lipinski definition) is 3.